The predicted octanol–water partition coefficient (Wildman–Crippen LogP) is 0.0246. The Bertz CT molecular complexity index is 2820. The van der Waals surface area contributed by atoms with Gasteiger partial charge in [-0.1, -0.05) is 72.8 Å². The summed E-state index contributed by atoms with van der Waals surface area (Å²) in [5, 5.41) is 59.1. The van der Waals surface area contributed by atoms with Gasteiger partial charge in [0.15, 0.2) is 0 Å². The molecule has 0 spiro atoms. The molecule has 16 N–H and O–H groups in total. The van der Waals surface area contributed by atoms with Gasteiger partial charge in [-0.2, -0.15) is 25.3 Å². The van der Waals surface area contributed by atoms with Crippen LogP contribution in [0.1, 0.15) is 48.4 Å². The number of hydrogen-bond acceptors (Lipinski definition) is 15. The molecule has 0 saturated carbocycles. The van der Waals surface area contributed by atoms with Crippen molar-refractivity contribution >= 4 is 83.5 Å². The largest absolute Gasteiger partial charge is 0.508 e. The molecule has 0 bridgehead atoms. The van der Waals surface area contributed by atoms with Crippen molar-refractivity contribution in [2.24, 2.45) is 11.5 Å². The van der Waals surface area contributed by atoms with Crippen LogP contribution >= 0.6 is 25.3 Å². The highest BCUT2D eigenvalue weighted by atomic mass is 32.1. The number of H-pyrrole nitrogens is 1. The average Bonchev–Trinajstić information content (AvgIpc) is 3.84. The number of phenols is 2. The molecule has 0 aliphatic heterocycles. The Balaban J connectivity index is 1.37. The lowest BCUT2D eigenvalue weighted by Gasteiger charge is -2.28. The van der Waals surface area contributed by atoms with E-state index < -0.39 is 102 Å². The van der Waals surface area contributed by atoms with Crippen LogP contribution in [-0.2, 0) is 64.0 Å². The van der Waals surface area contributed by atoms with Gasteiger partial charge >= 0.3 is 5.97 Å². The smallest absolute Gasteiger partial charge is 0.326 e. The molecule has 22 nitrogen and oxygen atoms in total. The lowest BCUT2D eigenvalue weighted by Crippen LogP contribution is -2.62. The van der Waals surface area contributed by atoms with Gasteiger partial charge in [-0.05, 0) is 91.7 Å². The minimum absolute atomic E-state index is 0.0403. The maximum absolute atomic E-state index is 14.7. The number of aliphatic hydroxyl groups is 1. The Labute approximate surface area is 461 Å². The molecule has 0 fully saturated rings. The number of benzene rings is 4. The quantitative estimate of drug-likeness (QED) is 0.0213. The molecule has 0 radical (unpaired) electrons. The highest BCUT2D eigenvalue weighted by Crippen LogP contribution is 2.20. The van der Waals surface area contributed by atoms with Gasteiger partial charge in [-0.3, -0.25) is 33.6 Å². The summed E-state index contributed by atoms with van der Waals surface area (Å²) in [6.07, 6.45) is 0.400. The zero-order valence-electron chi connectivity index (χ0n) is 42.8. The van der Waals surface area contributed by atoms with Crippen LogP contribution in [0.25, 0.3) is 10.9 Å². The SMILES string of the molecule is C[C@@H](O)[C@H](NC(=O)[C@H](CCCCN)NC(=O)[C@H](Cc1c[nH]c2ccccc12)NC(=O)[C@H](Cc1ccc(O)cc1)NC(=O)[C@H](CS)NC(=O)[C@@H](N)Cc1ccccc1)C(=O)N[C@@H](CS)C(=O)N[C@@H](Cc1ccc(O)cc1)C(=O)O. The number of aromatic hydroxyl groups is 2. The van der Waals surface area contributed by atoms with Gasteiger partial charge in [0.2, 0.25) is 41.4 Å². The van der Waals surface area contributed by atoms with Crippen molar-refractivity contribution in [3.8, 4) is 11.5 Å². The van der Waals surface area contributed by atoms with Gasteiger partial charge in [0.05, 0.1) is 12.1 Å². The Kier molecular flexibility index (Phi) is 23.8. The van der Waals surface area contributed by atoms with E-state index in [2.05, 4.69) is 67.5 Å². The van der Waals surface area contributed by atoms with Gasteiger partial charge in [0.1, 0.15) is 53.8 Å². The first-order valence-electron chi connectivity index (χ1n) is 25.2. The number of rotatable bonds is 30. The number of phenolic OH excluding ortho intramolecular Hbond substituents is 2. The second-order valence-electron chi connectivity index (χ2n) is 18.7. The van der Waals surface area contributed by atoms with Crippen molar-refractivity contribution in [3.63, 3.8) is 0 Å². The molecule has 0 unspecified atom stereocenters. The van der Waals surface area contributed by atoms with E-state index in [1.165, 1.54) is 55.5 Å². The molecule has 24 heteroatoms. The van der Waals surface area contributed by atoms with E-state index in [1.807, 2.05) is 12.1 Å². The molecule has 418 valence electrons. The second kappa shape index (κ2) is 30.3. The van der Waals surface area contributed by atoms with Crippen LogP contribution in [0, 0.1) is 0 Å². The number of para-hydroxylation sites is 1. The van der Waals surface area contributed by atoms with Gasteiger partial charge in [-0.25, -0.2) is 4.79 Å². The number of carbonyl (C=O) groups is 8. The summed E-state index contributed by atoms with van der Waals surface area (Å²) >= 11 is 8.48. The van der Waals surface area contributed by atoms with Crippen molar-refractivity contribution in [1.29, 1.82) is 0 Å². The number of amides is 7. The van der Waals surface area contributed by atoms with E-state index in [0.717, 1.165) is 5.56 Å². The fourth-order valence-corrected chi connectivity index (χ4v) is 8.79. The number of carbonyl (C=O) groups excluding carboxylic acids is 7. The van der Waals surface area contributed by atoms with Crippen molar-refractivity contribution in [3.05, 3.63) is 132 Å². The lowest BCUT2D eigenvalue weighted by molar-refractivity contribution is -0.142. The predicted molar refractivity (Wildman–Crippen MR) is 297 cm³/mol. The van der Waals surface area contributed by atoms with Gasteiger partial charge < -0.3 is 74.1 Å². The summed E-state index contributed by atoms with van der Waals surface area (Å²) in [6.45, 7) is 1.42. The number of unbranched alkanes of at least 4 members (excludes halogenated alkanes) is 1. The summed E-state index contributed by atoms with van der Waals surface area (Å²) in [5.41, 5.74) is 15.1. The van der Waals surface area contributed by atoms with Crippen LogP contribution in [0.4, 0.5) is 0 Å². The molecule has 0 saturated heterocycles. The van der Waals surface area contributed by atoms with Gasteiger partial charge in [0.25, 0.3) is 0 Å². The van der Waals surface area contributed by atoms with E-state index in [0.29, 0.717) is 34.0 Å². The first-order valence-corrected chi connectivity index (χ1v) is 26.4. The summed E-state index contributed by atoms with van der Waals surface area (Å²) in [5.74, 6) is -8.11. The van der Waals surface area contributed by atoms with Crippen molar-refractivity contribution in [1.82, 2.24) is 42.2 Å². The number of aliphatic carboxylic acids is 1. The lowest BCUT2D eigenvalue weighted by atomic mass is 10.0. The van der Waals surface area contributed by atoms with Crippen LogP contribution < -0.4 is 48.7 Å². The normalized spacial score (nSPS) is 14.6. The zero-order chi connectivity index (χ0) is 56.9. The molecule has 5 rings (SSSR count). The van der Waals surface area contributed by atoms with Crippen LogP contribution in [0.15, 0.2) is 109 Å². The fourth-order valence-electron chi connectivity index (χ4n) is 8.27. The number of fused-ring (bicyclic) bond motifs is 1. The fraction of sp³-hybridized carbons (Fsp3) is 0.370. The number of hydrogen-bond donors (Lipinski definition) is 16. The molecule has 7 amide bonds. The van der Waals surface area contributed by atoms with Gasteiger partial charge in [-0.15, -0.1) is 0 Å². The molecule has 78 heavy (non-hydrogen) atoms. The molecular weight excluding hydrogens is 1040 g/mol. The summed E-state index contributed by atoms with van der Waals surface area (Å²) in [6, 6.07) is 16.5. The summed E-state index contributed by atoms with van der Waals surface area (Å²) < 4.78 is 0. The number of carboxylic acid groups (broad SMARTS) is 1. The number of carboxylic acids is 1. The van der Waals surface area contributed by atoms with Gasteiger partial charge in [0, 0.05) is 47.9 Å². The number of thiol groups is 2. The summed E-state index contributed by atoms with van der Waals surface area (Å²) in [4.78, 5) is 113. The van der Waals surface area contributed by atoms with Crippen molar-refractivity contribution in [2.75, 3.05) is 18.1 Å². The minimum Gasteiger partial charge on any atom is -0.508 e. The zero-order valence-corrected chi connectivity index (χ0v) is 44.6. The van der Waals surface area contributed by atoms with E-state index in [4.69, 9.17) is 11.5 Å². The van der Waals surface area contributed by atoms with Crippen molar-refractivity contribution < 1.29 is 58.8 Å². The van der Waals surface area contributed by atoms with E-state index in [1.54, 1.807) is 48.7 Å². The number of nitrogens with two attached hydrogens (primary N) is 2. The Hall–Kier alpha value is -7.64. The molecule has 0 aliphatic rings. The number of aromatic amines is 1. The van der Waals surface area contributed by atoms with Crippen LogP contribution in [0.2, 0.25) is 0 Å². The maximum atomic E-state index is 14.7. The maximum Gasteiger partial charge on any atom is 0.326 e. The second-order valence-corrected chi connectivity index (χ2v) is 19.4. The third kappa shape index (κ3) is 18.5. The molecule has 1 aromatic heterocycles. The molecule has 5 aromatic rings. The third-order valence-electron chi connectivity index (χ3n) is 12.6. The molecule has 1 heterocycles. The Morgan fingerprint density at radius 1 is 0.526 bits per heavy atom. The third-order valence-corrected chi connectivity index (χ3v) is 13.4. The van der Waals surface area contributed by atoms with Crippen LogP contribution in [0.5, 0.6) is 11.5 Å². The summed E-state index contributed by atoms with van der Waals surface area (Å²) in [7, 11) is 0. The molecule has 0 aliphatic carbocycles. The van der Waals surface area contributed by atoms with Crippen LogP contribution in [0.3, 0.4) is 0 Å². The minimum atomic E-state index is -1.73. The first kappa shape index (κ1) is 61.2. The standard InChI is InChI=1S/C54H68N10O12S2/c1-30(65)46(53(74)63-45(29-78)52(73)61-43(54(75)76)25-33-16-20-36(67)21-17-33)64-48(69)40(13-7-8-22-55)58-50(71)42(26-34-27-57-39-12-6-5-11-37(34)39)60-49(70)41(24-32-14-18-35(66)19-15-32)59-51(72)44(28-77)62-47(68)38(56)23-31-9-3-2-4-10-31/h2-6,9-12,14-21,27,30,38,40-46,57,65-67,77-78H,7-8,13,22-26,28-29,55-56H2,1H3,(H,58,71)(H,59,72)(H,60,70)(H,61,73)(H,62,68)(H,63,74)(H,64,69)(H,75,76)/t30-,38+,40+,41+,42+,43+,44+,45+,46+/m1/s1. The molecular formula is C54H68N10O12S2. The van der Waals surface area contributed by atoms with Crippen molar-refractivity contribution in [2.45, 2.75) is 106 Å². The molecule has 4 aromatic carbocycles. The first-order chi connectivity index (χ1) is 37.3. The number of aliphatic hydroxyl groups excluding tert-OH is 1. The highest BCUT2D eigenvalue weighted by Gasteiger charge is 2.36. The van der Waals surface area contributed by atoms with E-state index in [-0.39, 0.29) is 68.1 Å². The number of aromatic nitrogens is 1. The molecule has 9 atom stereocenters. The number of nitrogens with one attached hydrogen (secondary N) is 8. The van der Waals surface area contributed by atoms with E-state index in [9.17, 15) is 58.8 Å². The Morgan fingerprint density at radius 2 is 0.974 bits per heavy atom. The highest BCUT2D eigenvalue weighted by molar-refractivity contribution is 7.80. The van der Waals surface area contributed by atoms with Crippen LogP contribution in [-0.4, -0.2) is 145 Å². The van der Waals surface area contributed by atoms with E-state index >= 15 is 0 Å². The average molecular weight is 1110 g/mol. The Morgan fingerprint density at radius 3 is 1.51 bits per heavy atom. The monoisotopic (exact) mass is 1110 g/mol. The topological polar surface area (TPSA) is 370 Å².